The highest BCUT2D eigenvalue weighted by Crippen LogP contribution is 2.15. The second-order valence-corrected chi connectivity index (χ2v) is 4.38. The van der Waals surface area contributed by atoms with Crippen molar-refractivity contribution in [1.29, 1.82) is 0 Å². The van der Waals surface area contributed by atoms with Gasteiger partial charge in [-0.3, -0.25) is 15.3 Å². The molecule has 0 saturated carbocycles. The van der Waals surface area contributed by atoms with Crippen LogP contribution in [-0.4, -0.2) is 35.5 Å². The lowest BCUT2D eigenvalue weighted by molar-refractivity contribution is -0.173. The largest absolute Gasteiger partial charge is 0.459 e. The maximum atomic E-state index is 11.6. The number of esters is 2. The number of aliphatic hydroxyl groups is 1. The van der Waals surface area contributed by atoms with E-state index >= 15 is 0 Å². The maximum absolute atomic E-state index is 11.6. The summed E-state index contributed by atoms with van der Waals surface area (Å²) < 4.78 is 9.47. The minimum Gasteiger partial charge on any atom is -0.459 e. The minimum atomic E-state index is -1.36. The van der Waals surface area contributed by atoms with E-state index < -0.39 is 29.6 Å². The average molecular weight is 233 g/mol. The SMILES string of the molecule is CC(O)C(C(=O)OCN)C(=O)OC(C)(C)C. The normalized spacial score (nSPS) is 15.1. The van der Waals surface area contributed by atoms with Crippen molar-refractivity contribution in [3.8, 4) is 0 Å². The van der Waals surface area contributed by atoms with Gasteiger partial charge >= 0.3 is 11.9 Å². The van der Waals surface area contributed by atoms with E-state index in [1.165, 1.54) is 6.92 Å². The Hall–Kier alpha value is -1.14. The first-order chi connectivity index (χ1) is 7.19. The summed E-state index contributed by atoms with van der Waals surface area (Å²) in [5.74, 6) is -3.06. The van der Waals surface area contributed by atoms with E-state index in [1.807, 2.05) is 0 Å². The molecule has 6 heteroatoms. The van der Waals surface area contributed by atoms with Gasteiger partial charge in [-0.05, 0) is 27.7 Å². The molecule has 0 fully saturated rings. The third-order valence-corrected chi connectivity index (χ3v) is 1.62. The Morgan fingerprint density at radius 3 is 2.12 bits per heavy atom. The van der Waals surface area contributed by atoms with Crippen LogP contribution in [0.15, 0.2) is 0 Å². The molecule has 0 bridgehead atoms. The molecule has 0 rings (SSSR count). The minimum absolute atomic E-state index is 0.342. The molecule has 0 aromatic rings. The topological polar surface area (TPSA) is 98.9 Å². The molecule has 94 valence electrons. The Morgan fingerprint density at radius 1 is 1.31 bits per heavy atom. The van der Waals surface area contributed by atoms with Crippen molar-refractivity contribution in [2.45, 2.75) is 39.4 Å². The van der Waals surface area contributed by atoms with Crippen LogP contribution in [0.2, 0.25) is 0 Å². The summed E-state index contributed by atoms with van der Waals surface area (Å²) in [6.07, 6.45) is -1.19. The molecule has 0 heterocycles. The van der Waals surface area contributed by atoms with Gasteiger partial charge in [0.1, 0.15) is 12.3 Å². The van der Waals surface area contributed by atoms with E-state index in [0.29, 0.717) is 0 Å². The lowest BCUT2D eigenvalue weighted by Gasteiger charge is -2.24. The zero-order valence-electron chi connectivity index (χ0n) is 10.0. The Bertz CT molecular complexity index is 256. The second-order valence-electron chi connectivity index (χ2n) is 4.38. The van der Waals surface area contributed by atoms with Crippen molar-refractivity contribution in [3.05, 3.63) is 0 Å². The number of nitrogens with two attached hydrogens (primary N) is 1. The number of ether oxygens (including phenoxy) is 2. The predicted molar refractivity (Wildman–Crippen MR) is 56.2 cm³/mol. The summed E-state index contributed by atoms with van der Waals surface area (Å²) in [7, 11) is 0. The summed E-state index contributed by atoms with van der Waals surface area (Å²) in [5, 5.41) is 9.33. The molecule has 2 unspecified atom stereocenters. The lowest BCUT2D eigenvalue weighted by atomic mass is 10.0. The molecule has 2 atom stereocenters. The van der Waals surface area contributed by atoms with Gasteiger partial charge in [-0.1, -0.05) is 0 Å². The number of carbonyl (C=O) groups is 2. The Kier molecular flexibility index (Phi) is 5.40. The van der Waals surface area contributed by atoms with Crippen molar-refractivity contribution < 1.29 is 24.2 Å². The van der Waals surface area contributed by atoms with Gasteiger partial charge < -0.3 is 14.6 Å². The monoisotopic (exact) mass is 233 g/mol. The quantitative estimate of drug-likeness (QED) is 0.396. The molecule has 0 aromatic carbocycles. The van der Waals surface area contributed by atoms with Gasteiger partial charge in [0.25, 0.3) is 0 Å². The number of hydrogen-bond donors (Lipinski definition) is 2. The Labute approximate surface area is 94.7 Å². The highest BCUT2D eigenvalue weighted by atomic mass is 16.6. The summed E-state index contributed by atoms with van der Waals surface area (Å²) in [4.78, 5) is 22.9. The van der Waals surface area contributed by atoms with Gasteiger partial charge in [-0.15, -0.1) is 0 Å². The van der Waals surface area contributed by atoms with E-state index in [0.717, 1.165) is 0 Å². The van der Waals surface area contributed by atoms with Crippen LogP contribution in [0, 0.1) is 5.92 Å². The molecule has 16 heavy (non-hydrogen) atoms. The van der Waals surface area contributed by atoms with E-state index in [4.69, 9.17) is 10.5 Å². The van der Waals surface area contributed by atoms with Crippen molar-refractivity contribution >= 4 is 11.9 Å². The molecule has 0 amide bonds. The fourth-order valence-corrected chi connectivity index (χ4v) is 1.03. The van der Waals surface area contributed by atoms with Gasteiger partial charge in [0.05, 0.1) is 6.10 Å². The second kappa shape index (κ2) is 5.81. The highest BCUT2D eigenvalue weighted by molar-refractivity contribution is 5.95. The van der Waals surface area contributed by atoms with Crippen molar-refractivity contribution in [2.75, 3.05) is 6.73 Å². The number of hydrogen-bond acceptors (Lipinski definition) is 6. The van der Waals surface area contributed by atoms with E-state index in [-0.39, 0.29) is 6.73 Å². The zero-order chi connectivity index (χ0) is 12.9. The van der Waals surface area contributed by atoms with Gasteiger partial charge in [0.15, 0.2) is 5.92 Å². The molecular weight excluding hydrogens is 214 g/mol. The summed E-state index contributed by atoms with van der Waals surface area (Å²) in [5.41, 5.74) is 4.29. The summed E-state index contributed by atoms with van der Waals surface area (Å²) in [6, 6.07) is 0. The smallest absolute Gasteiger partial charge is 0.324 e. The zero-order valence-corrected chi connectivity index (χ0v) is 10.0. The third kappa shape index (κ3) is 5.09. The van der Waals surface area contributed by atoms with Gasteiger partial charge in [-0.25, -0.2) is 0 Å². The Balaban J connectivity index is 4.67. The van der Waals surface area contributed by atoms with Crippen LogP contribution < -0.4 is 5.73 Å². The first-order valence-electron chi connectivity index (χ1n) is 4.96. The van der Waals surface area contributed by atoms with Crippen LogP contribution >= 0.6 is 0 Å². The molecular formula is C10H19NO5. The predicted octanol–water partition coefficient (Wildman–Crippen LogP) is -0.215. The van der Waals surface area contributed by atoms with E-state index in [1.54, 1.807) is 20.8 Å². The van der Waals surface area contributed by atoms with E-state index in [9.17, 15) is 14.7 Å². The van der Waals surface area contributed by atoms with Crippen molar-refractivity contribution in [3.63, 3.8) is 0 Å². The Morgan fingerprint density at radius 2 is 1.81 bits per heavy atom. The standard InChI is InChI=1S/C10H19NO5/c1-6(12)7(8(13)15-5-11)9(14)16-10(2,3)4/h6-7,12H,5,11H2,1-4H3. The summed E-state index contributed by atoms with van der Waals surface area (Å²) >= 11 is 0. The van der Waals surface area contributed by atoms with Crippen LogP contribution in [0.5, 0.6) is 0 Å². The molecule has 0 aliphatic heterocycles. The molecule has 0 saturated heterocycles. The number of aliphatic hydroxyl groups excluding tert-OH is 1. The van der Waals surface area contributed by atoms with Crippen molar-refractivity contribution in [2.24, 2.45) is 11.7 Å². The van der Waals surface area contributed by atoms with Gasteiger partial charge in [0, 0.05) is 0 Å². The maximum Gasteiger partial charge on any atom is 0.324 e. The lowest BCUT2D eigenvalue weighted by Crippen LogP contribution is -2.40. The van der Waals surface area contributed by atoms with Crippen LogP contribution in [-0.2, 0) is 19.1 Å². The van der Waals surface area contributed by atoms with Gasteiger partial charge in [0.2, 0.25) is 0 Å². The first-order valence-corrected chi connectivity index (χ1v) is 4.96. The molecule has 6 nitrogen and oxygen atoms in total. The molecule has 3 N–H and O–H groups in total. The highest BCUT2D eigenvalue weighted by Gasteiger charge is 2.36. The molecule has 0 aromatic heterocycles. The van der Waals surface area contributed by atoms with Crippen molar-refractivity contribution in [1.82, 2.24) is 0 Å². The summed E-state index contributed by atoms with van der Waals surface area (Å²) in [6.45, 7) is 5.96. The number of rotatable bonds is 4. The van der Waals surface area contributed by atoms with Crippen LogP contribution in [0.3, 0.4) is 0 Å². The molecule has 0 aliphatic rings. The van der Waals surface area contributed by atoms with Crippen LogP contribution in [0.25, 0.3) is 0 Å². The third-order valence-electron chi connectivity index (χ3n) is 1.62. The first kappa shape index (κ1) is 14.9. The average Bonchev–Trinajstić information content (AvgIpc) is 1.99. The molecule has 0 aliphatic carbocycles. The fraction of sp³-hybridized carbons (Fsp3) is 0.800. The van der Waals surface area contributed by atoms with Crippen LogP contribution in [0.4, 0.5) is 0 Å². The van der Waals surface area contributed by atoms with Gasteiger partial charge in [-0.2, -0.15) is 0 Å². The molecule has 0 spiro atoms. The van der Waals surface area contributed by atoms with E-state index in [2.05, 4.69) is 4.74 Å². The number of carbonyl (C=O) groups excluding carboxylic acids is 2. The fourth-order valence-electron chi connectivity index (χ4n) is 1.03. The van der Waals surface area contributed by atoms with Crippen LogP contribution in [0.1, 0.15) is 27.7 Å². The molecule has 0 radical (unpaired) electrons.